The molecule has 25 heavy (non-hydrogen) atoms. The number of benzene rings is 1. The molecule has 6 heteroatoms. The number of halogens is 1. The molecule has 1 rings (SSSR count). The predicted octanol–water partition coefficient (Wildman–Crippen LogP) is 3.42. The number of aliphatic hydroxyl groups is 1. The zero-order chi connectivity index (χ0) is 17.8. The SMILES string of the molecule is CCNC(=NCc1ccc(C#N)cc1)NCC(CC)(CC)CCO.I. The molecule has 0 saturated carbocycles. The molecule has 0 heterocycles. The number of nitriles is 1. The van der Waals surface area contributed by atoms with Crippen molar-refractivity contribution in [2.45, 2.75) is 46.6 Å². The van der Waals surface area contributed by atoms with Gasteiger partial charge in [0.25, 0.3) is 0 Å². The molecule has 0 atom stereocenters. The number of guanidine groups is 1. The molecule has 0 aromatic heterocycles. The Bertz CT molecular complexity index is 548. The van der Waals surface area contributed by atoms with E-state index in [0.717, 1.165) is 43.9 Å². The summed E-state index contributed by atoms with van der Waals surface area (Å²) in [5.41, 5.74) is 1.82. The first-order chi connectivity index (χ1) is 11.6. The van der Waals surface area contributed by atoms with E-state index in [1.54, 1.807) is 0 Å². The quantitative estimate of drug-likeness (QED) is 0.301. The summed E-state index contributed by atoms with van der Waals surface area (Å²) in [4.78, 5) is 4.62. The van der Waals surface area contributed by atoms with Gasteiger partial charge in [-0.3, -0.25) is 0 Å². The summed E-state index contributed by atoms with van der Waals surface area (Å²) in [6, 6.07) is 9.60. The van der Waals surface area contributed by atoms with E-state index in [-0.39, 0.29) is 36.0 Å². The Kier molecular flexibility index (Phi) is 12.3. The average Bonchev–Trinajstić information content (AvgIpc) is 2.63. The maximum Gasteiger partial charge on any atom is 0.191 e. The summed E-state index contributed by atoms with van der Waals surface area (Å²) in [6.07, 6.45) is 2.83. The Balaban J connectivity index is 0.00000576. The number of rotatable bonds is 9. The van der Waals surface area contributed by atoms with Gasteiger partial charge in [-0.1, -0.05) is 26.0 Å². The maximum atomic E-state index is 9.33. The van der Waals surface area contributed by atoms with Crippen LogP contribution in [0.2, 0.25) is 0 Å². The van der Waals surface area contributed by atoms with Gasteiger partial charge in [-0.25, -0.2) is 4.99 Å². The number of aliphatic hydroxyl groups excluding tert-OH is 1. The molecular weight excluding hydrogens is 427 g/mol. The molecule has 0 saturated heterocycles. The van der Waals surface area contributed by atoms with E-state index >= 15 is 0 Å². The van der Waals surface area contributed by atoms with Crippen LogP contribution in [0.5, 0.6) is 0 Å². The van der Waals surface area contributed by atoms with Crippen LogP contribution < -0.4 is 10.6 Å². The van der Waals surface area contributed by atoms with Gasteiger partial charge < -0.3 is 15.7 Å². The van der Waals surface area contributed by atoms with Gasteiger partial charge in [0.05, 0.1) is 18.2 Å². The predicted molar refractivity (Wildman–Crippen MR) is 114 cm³/mol. The molecule has 140 valence electrons. The Hall–Kier alpha value is -1.33. The van der Waals surface area contributed by atoms with E-state index in [4.69, 9.17) is 5.26 Å². The lowest BCUT2D eigenvalue weighted by Crippen LogP contribution is -2.43. The largest absolute Gasteiger partial charge is 0.396 e. The van der Waals surface area contributed by atoms with Gasteiger partial charge in [0, 0.05) is 19.7 Å². The Morgan fingerprint density at radius 2 is 1.80 bits per heavy atom. The van der Waals surface area contributed by atoms with Crippen molar-refractivity contribution in [1.82, 2.24) is 10.6 Å². The minimum atomic E-state index is 0. The number of nitrogens with zero attached hydrogens (tertiary/aromatic N) is 2. The van der Waals surface area contributed by atoms with E-state index in [1.165, 1.54) is 0 Å². The monoisotopic (exact) mass is 458 g/mol. The molecule has 0 aliphatic carbocycles. The molecule has 1 aromatic rings. The summed E-state index contributed by atoms with van der Waals surface area (Å²) < 4.78 is 0. The smallest absolute Gasteiger partial charge is 0.191 e. The van der Waals surface area contributed by atoms with Crippen molar-refractivity contribution in [2.75, 3.05) is 19.7 Å². The molecule has 0 aliphatic rings. The fraction of sp³-hybridized carbons (Fsp3) is 0.579. The number of aliphatic imine (C=N–C) groups is 1. The van der Waals surface area contributed by atoms with Gasteiger partial charge in [0.1, 0.15) is 0 Å². The zero-order valence-electron chi connectivity index (χ0n) is 15.5. The second-order valence-electron chi connectivity index (χ2n) is 6.04. The van der Waals surface area contributed by atoms with Gasteiger partial charge in [-0.2, -0.15) is 5.26 Å². The van der Waals surface area contributed by atoms with E-state index < -0.39 is 0 Å². The van der Waals surface area contributed by atoms with Crippen LogP contribution in [-0.2, 0) is 6.54 Å². The van der Waals surface area contributed by atoms with Crippen molar-refractivity contribution < 1.29 is 5.11 Å². The third-order valence-corrected chi connectivity index (χ3v) is 4.62. The molecule has 0 radical (unpaired) electrons. The number of hydrogen-bond acceptors (Lipinski definition) is 3. The molecule has 0 bridgehead atoms. The van der Waals surface area contributed by atoms with Crippen LogP contribution in [0.3, 0.4) is 0 Å². The van der Waals surface area contributed by atoms with Gasteiger partial charge in [-0.05, 0) is 49.3 Å². The van der Waals surface area contributed by atoms with Gasteiger partial charge in [0.2, 0.25) is 0 Å². The average molecular weight is 458 g/mol. The Morgan fingerprint density at radius 3 is 2.28 bits per heavy atom. The first-order valence-electron chi connectivity index (χ1n) is 8.75. The normalized spacial score (nSPS) is 11.4. The van der Waals surface area contributed by atoms with Crippen molar-refractivity contribution in [1.29, 1.82) is 5.26 Å². The third-order valence-electron chi connectivity index (χ3n) is 4.62. The van der Waals surface area contributed by atoms with Gasteiger partial charge >= 0.3 is 0 Å². The third kappa shape index (κ3) is 8.06. The van der Waals surface area contributed by atoms with Crippen LogP contribution in [0.4, 0.5) is 0 Å². The minimum absolute atomic E-state index is 0. The first kappa shape index (κ1) is 23.7. The first-order valence-corrected chi connectivity index (χ1v) is 8.75. The molecule has 0 spiro atoms. The fourth-order valence-corrected chi connectivity index (χ4v) is 2.65. The fourth-order valence-electron chi connectivity index (χ4n) is 2.65. The lowest BCUT2D eigenvalue weighted by molar-refractivity contribution is 0.169. The highest BCUT2D eigenvalue weighted by Gasteiger charge is 2.25. The summed E-state index contributed by atoms with van der Waals surface area (Å²) in [5.74, 6) is 0.783. The molecule has 0 aliphatic heterocycles. The number of hydrogen-bond donors (Lipinski definition) is 3. The van der Waals surface area contributed by atoms with Crippen molar-refractivity contribution in [2.24, 2.45) is 10.4 Å². The lowest BCUT2D eigenvalue weighted by atomic mass is 9.79. The van der Waals surface area contributed by atoms with E-state index in [0.29, 0.717) is 12.1 Å². The van der Waals surface area contributed by atoms with E-state index in [1.807, 2.05) is 31.2 Å². The van der Waals surface area contributed by atoms with Crippen LogP contribution in [0.25, 0.3) is 0 Å². The molecule has 5 nitrogen and oxygen atoms in total. The topological polar surface area (TPSA) is 80.4 Å². The molecule has 3 N–H and O–H groups in total. The summed E-state index contributed by atoms with van der Waals surface area (Å²) in [5, 5.41) is 24.8. The molecule has 0 fully saturated rings. The van der Waals surface area contributed by atoms with E-state index in [2.05, 4.69) is 35.5 Å². The van der Waals surface area contributed by atoms with Crippen molar-refractivity contribution in [3.05, 3.63) is 35.4 Å². The number of nitrogens with one attached hydrogen (secondary N) is 2. The van der Waals surface area contributed by atoms with Crippen LogP contribution >= 0.6 is 24.0 Å². The van der Waals surface area contributed by atoms with Crippen molar-refractivity contribution in [3.8, 4) is 6.07 Å². The second kappa shape index (κ2) is 13.0. The van der Waals surface area contributed by atoms with Crippen LogP contribution in [0, 0.1) is 16.7 Å². The summed E-state index contributed by atoms with van der Waals surface area (Å²) in [6.45, 7) is 8.74. The molecular formula is C19H31IN4O. The highest BCUT2D eigenvalue weighted by atomic mass is 127. The van der Waals surface area contributed by atoms with Crippen LogP contribution in [0.15, 0.2) is 29.3 Å². The van der Waals surface area contributed by atoms with Crippen molar-refractivity contribution in [3.63, 3.8) is 0 Å². The standard InChI is InChI=1S/C19H30N4O.HI/c1-4-19(5-2,11-12-24)15-23-18(21-6-3)22-14-17-9-7-16(13-20)8-10-17;/h7-10,24H,4-6,11-12,14-15H2,1-3H3,(H2,21,22,23);1H. The Morgan fingerprint density at radius 1 is 1.16 bits per heavy atom. The molecule has 0 amide bonds. The van der Waals surface area contributed by atoms with Gasteiger partial charge in [-0.15, -0.1) is 24.0 Å². The highest BCUT2D eigenvalue weighted by Crippen LogP contribution is 2.29. The van der Waals surface area contributed by atoms with Crippen LogP contribution in [0.1, 0.15) is 51.2 Å². The minimum Gasteiger partial charge on any atom is -0.396 e. The lowest BCUT2D eigenvalue weighted by Gasteiger charge is -2.32. The Labute approximate surface area is 169 Å². The molecule has 1 aromatic carbocycles. The molecule has 0 unspecified atom stereocenters. The summed E-state index contributed by atoms with van der Waals surface area (Å²) >= 11 is 0. The highest BCUT2D eigenvalue weighted by molar-refractivity contribution is 14.0. The summed E-state index contributed by atoms with van der Waals surface area (Å²) in [7, 11) is 0. The maximum absolute atomic E-state index is 9.33. The van der Waals surface area contributed by atoms with Crippen LogP contribution in [-0.4, -0.2) is 30.8 Å². The zero-order valence-corrected chi connectivity index (χ0v) is 17.8. The van der Waals surface area contributed by atoms with Crippen molar-refractivity contribution >= 4 is 29.9 Å². The van der Waals surface area contributed by atoms with Gasteiger partial charge in [0.15, 0.2) is 5.96 Å². The van der Waals surface area contributed by atoms with E-state index in [9.17, 15) is 5.11 Å². The second-order valence-corrected chi connectivity index (χ2v) is 6.04.